The fourth-order valence-electron chi connectivity index (χ4n) is 4.12. The molecule has 7 heteroatoms. The van der Waals surface area contributed by atoms with Gasteiger partial charge in [0.1, 0.15) is 5.82 Å². The van der Waals surface area contributed by atoms with Gasteiger partial charge in [-0.25, -0.2) is 4.39 Å². The predicted molar refractivity (Wildman–Crippen MR) is 119 cm³/mol. The van der Waals surface area contributed by atoms with Crippen molar-refractivity contribution < 1.29 is 9.18 Å². The summed E-state index contributed by atoms with van der Waals surface area (Å²) in [6, 6.07) is 8.48. The first-order valence-corrected chi connectivity index (χ1v) is 11.1. The van der Waals surface area contributed by atoms with Crippen molar-refractivity contribution >= 4 is 17.2 Å². The van der Waals surface area contributed by atoms with Gasteiger partial charge in [-0.3, -0.25) is 9.48 Å². The SMILES string of the molecule is Cc1cnn2c1-c1cc(C(=O)NC(Cc3cccc(F)c3)CN(C)C)sc1CCC2. The van der Waals surface area contributed by atoms with E-state index < -0.39 is 0 Å². The number of carbonyl (C=O) groups is 1. The molecule has 30 heavy (non-hydrogen) atoms. The number of halogens is 1. The van der Waals surface area contributed by atoms with Crippen LogP contribution < -0.4 is 5.32 Å². The third-order valence-corrected chi connectivity index (χ3v) is 6.57. The predicted octanol–water partition coefficient (Wildman–Crippen LogP) is 3.91. The van der Waals surface area contributed by atoms with Crippen LogP contribution in [0.5, 0.6) is 0 Å². The number of hydrogen-bond acceptors (Lipinski definition) is 4. The number of aromatic nitrogens is 2. The Morgan fingerprint density at radius 2 is 2.20 bits per heavy atom. The van der Waals surface area contributed by atoms with E-state index >= 15 is 0 Å². The highest BCUT2D eigenvalue weighted by molar-refractivity contribution is 7.14. The molecule has 1 unspecified atom stereocenters. The molecule has 0 spiro atoms. The van der Waals surface area contributed by atoms with Crippen LogP contribution in [0, 0.1) is 12.7 Å². The van der Waals surface area contributed by atoms with Gasteiger partial charge in [0.15, 0.2) is 0 Å². The molecule has 0 saturated heterocycles. The van der Waals surface area contributed by atoms with Gasteiger partial charge in [-0.15, -0.1) is 11.3 Å². The van der Waals surface area contributed by atoms with E-state index in [-0.39, 0.29) is 17.8 Å². The molecule has 0 saturated carbocycles. The van der Waals surface area contributed by atoms with Gasteiger partial charge in [0.25, 0.3) is 5.91 Å². The van der Waals surface area contributed by atoms with Gasteiger partial charge in [-0.1, -0.05) is 12.1 Å². The van der Waals surface area contributed by atoms with Crippen LogP contribution in [0.25, 0.3) is 11.3 Å². The Balaban J connectivity index is 1.56. The van der Waals surface area contributed by atoms with Crippen LogP contribution in [-0.4, -0.2) is 47.3 Å². The number of carbonyl (C=O) groups excluding carboxylic acids is 1. The van der Waals surface area contributed by atoms with Crippen LogP contribution in [0.15, 0.2) is 36.5 Å². The zero-order valence-electron chi connectivity index (χ0n) is 17.6. The van der Waals surface area contributed by atoms with Crippen molar-refractivity contribution in [2.75, 3.05) is 20.6 Å². The molecule has 5 nitrogen and oxygen atoms in total. The average molecular weight is 427 g/mol. The second-order valence-electron chi connectivity index (χ2n) is 8.22. The molecule has 1 N–H and O–H groups in total. The normalized spacial score (nSPS) is 14.2. The number of nitrogens with one attached hydrogen (secondary N) is 1. The van der Waals surface area contributed by atoms with Gasteiger partial charge in [0, 0.05) is 29.6 Å². The Bertz CT molecular complexity index is 1060. The monoisotopic (exact) mass is 426 g/mol. The van der Waals surface area contributed by atoms with E-state index in [1.165, 1.54) is 17.0 Å². The number of hydrogen-bond donors (Lipinski definition) is 1. The number of thiophene rings is 1. The summed E-state index contributed by atoms with van der Waals surface area (Å²) < 4.78 is 15.6. The molecule has 0 radical (unpaired) electrons. The lowest BCUT2D eigenvalue weighted by molar-refractivity contribution is 0.0934. The summed E-state index contributed by atoms with van der Waals surface area (Å²) in [4.78, 5) is 17.1. The standard InChI is InChI=1S/C23H27FN4OS/c1-15-13-25-28-9-5-8-20-19(22(15)28)12-21(30-20)23(29)26-18(14-27(2)3)11-16-6-4-7-17(24)10-16/h4,6-7,10,12-13,18H,5,8-9,11,14H2,1-3H3,(H,26,29). The summed E-state index contributed by atoms with van der Waals surface area (Å²) >= 11 is 1.58. The summed E-state index contributed by atoms with van der Waals surface area (Å²) in [7, 11) is 3.95. The summed E-state index contributed by atoms with van der Waals surface area (Å²) in [5.74, 6) is -0.323. The smallest absolute Gasteiger partial charge is 0.261 e. The molecule has 4 rings (SSSR count). The van der Waals surface area contributed by atoms with E-state index in [0.717, 1.165) is 46.6 Å². The second-order valence-corrected chi connectivity index (χ2v) is 9.35. The molecule has 1 aromatic carbocycles. The lowest BCUT2D eigenvalue weighted by Crippen LogP contribution is -2.43. The first kappa shape index (κ1) is 20.8. The number of amides is 1. The summed E-state index contributed by atoms with van der Waals surface area (Å²) in [6.07, 6.45) is 4.46. The van der Waals surface area contributed by atoms with Crippen molar-refractivity contribution in [1.29, 1.82) is 0 Å². The largest absolute Gasteiger partial charge is 0.347 e. The van der Waals surface area contributed by atoms with Crippen molar-refractivity contribution in [3.05, 3.63) is 63.2 Å². The maximum absolute atomic E-state index is 13.6. The number of nitrogens with zero attached hydrogens (tertiary/aromatic N) is 3. The van der Waals surface area contributed by atoms with Crippen LogP contribution in [0.3, 0.4) is 0 Å². The topological polar surface area (TPSA) is 50.2 Å². The van der Waals surface area contributed by atoms with Gasteiger partial charge in [0.05, 0.1) is 16.8 Å². The molecule has 3 heterocycles. The van der Waals surface area contributed by atoms with E-state index in [9.17, 15) is 9.18 Å². The van der Waals surface area contributed by atoms with Crippen molar-refractivity contribution in [2.24, 2.45) is 0 Å². The Hall–Kier alpha value is -2.51. The number of benzene rings is 1. The number of rotatable bonds is 6. The summed E-state index contributed by atoms with van der Waals surface area (Å²) in [5.41, 5.74) is 4.28. The van der Waals surface area contributed by atoms with Gasteiger partial charge in [-0.05, 0) is 69.6 Å². The van der Waals surface area contributed by atoms with Crippen molar-refractivity contribution in [3.8, 4) is 11.3 Å². The molecule has 1 aliphatic rings. The number of aryl methyl sites for hydroxylation is 3. The number of likely N-dealkylation sites (N-methyl/N-ethyl adjacent to an activating group) is 1. The van der Waals surface area contributed by atoms with Gasteiger partial charge in [0.2, 0.25) is 0 Å². The highest BCUT2D eigenvalue weighted by Gasteiger charge is 2.24. The van der Waals surface area contributed by atoms with Crippen LogP contribution in [0.2, 0.25) is 0 Å². The van der Waals surface area contributed by atoms with Crippen molar-refractivity contribution in [1.82, 2.24) is 20.0 Å². The molecule has 1 amide bonds. The molecule has 2 aromatic heterocycles. The maximum atomic E-state index is 13.6. The molecular weight excluding hydrogens is 399 g/mol. The van der Waals surface area contributed by atoms with Gasteiger partial charge >= 0.3 is 0 Å². The zero-order valence-corrected chi connectivity index (χ0v) is 18.4. The highest BCUT2D eigenvalue weighted by Crippen LogP contribution is 2.36. The van der Waals surface area contributed by atoms with Crippen LogP contribution in [-0.2, 0) is 19.4 Å². The fraction of sp³-hybridized carbons (Fsp3) is 0.391. The van der Waals surface area contributed by atoms with E-state index in [1.807, 2.05) is 42.0 Å². The quantitative estimate of drug-likeness (QED) is 0.650. The molecule has 158 valence electrons. The molecule has 0 fully saturated rings. The minimum Gasteiger partial charge on any atom is -0.347 e. The van der Waals surface area contributed by atoms with Crippen molar-refractivity contribution in [2.45, 2.75) is 38.8 Å². The lowest BCUT2D eigenvalue weighted by atomic mass is 10.0. The molecule has 3 aromatic rings. The van der Waals surface area contributed by atoms with Crippen LogP contribution in [0.4, 0.5) is 4.39 Å². The Kier molecular flexibility index (Phi) is 6.01. The summed E-state index contributed by atoms with van der Waals surface area (Å²) in [5, 5.41) is 7.66. The van der Waals surface area contributed by atoms with E-state index in [2.05, 4.69) is 17.3 Å². The Morgan fingerprint density at radius 3 is 2.97 bits per heavy atom. The Morgan fingerprint density at radius 1 is 1.37 bits per heavy atom. The fourth-order valence-corrected chi connectivity index (χ4v) is 5.23. The van der Waals surface area contributed by atoms with Gasteiger partial charge in [-0.2, -0.15) is 5.10 Å². The summed E-state index contributed by atoms with van der Waals surface area (Å²) in [6.45, 7) is 3.65. The maximum Gasteiger partial charge on any atom is 0.261 e. The van der Waals surface area contributed by atoms with E-state index in [1.54, 1.807) is 17.4 Å². The minimum atomic E-state index is -0.253. The molecule has 1 atom stereocenters. The van der Waals surface area contributed by atoms with Crippen LogP contribution >= 0.6 is 11.3 Å². The number of fused-ring (bicyclic) bond motifs is 3. The minimum absolute atomic E-state index is 0.0694. The second kappa shape index (κ2) is 8.70. The third kappa shape index (κ3) is 4.47. The average Bonchev–Trinajstić information content (AvgIpc) is 3.20. The van der Waals surface area contributed by atoms with Crippen molar-refractivity contribution in [3.63, 3.8) is 0 Å². The van der Waals surface area contributed by atoms with Crippen LogP contribution in [0.1, 0.15) is 32.1 Å². The molecule has 0 aliphatic carbocycles. The highest BCUT2D eigenvalue weighted by atomic mass is 32.1. The van der Waals surface area contributed by atoms with E-state index in [4.69, 9.17) is 0 Å². The van der Waals surface area contributed by atoms with E-state index in [0.29, 0.717) is 13.0 Å². The first-order valence-electron chi connectivity index (χ1n) is 10.3. The zero-order chi connectivity index (χ0) is 21.3. The first-order chi connectivity index (χ1) is 14.4. The molecular formula is C23H27FN4OS. The molecule has 0 bridgehead atoms. The third-order valence-electron chi connectivity index (χ3n) is 5.38. The van der Waals surface area contributed by atoms with Gasteiger partial charge < -0.3 is 10.2 Å². The Labute approximate surface area is 180 Å². The lowest BCUT2D eigenvalue weighted by Gasteiger charge is -2.22. The molecule has 1 aliphatic heterocycles.